The number of benzene rings is 3. The zero-order valence-electron chi connectivity index (χ0n) is 27.3. The van der Waals surface area contributed by atoms with Crippen LogP contribution in [0.4, 0.5) is 0 Å². The molecule has 5 rings (SSSR count). The Hall–Kier alpha value is -4.45. The first-order chi connectivity index (χ1) is 23.4. The second kappa shape index (κ2) is 17.6. The molecule has 4 aromatic rings. The van der Waals surface area contributed by atoms with E-state index < -0.39 is 12.2 Å². The summed E-state index contributed by atoms with van der Waals surface area (Å²) in [4.78, 5) is 30.2. The van der Waals surface area contributed by atoms with Gasteiger partial charge in [-0.05, 0) is 65.6 Å². The Morgan fingerprint density at radius 2 is 1.65 bits per heavy atom. The molecule has 10 nitrogen and oxygen atoms in total. The Bertz CT molecular complexity index is 1620. The first-order valence-corrected chi connectivity index (χ1v) is 16.4. The number of likely N-dealkylation sites (N-methyl/N-ethyl adjacent to an activating group) is 1. The van der Waals surface area contributed by atoms with Gasteiger partial charge in [-0.25, -0.2) is 5.48 Å². The van der Waals surface area contributed by atoms with Crippen molar-refractivity contribution in [1.29, 1.82) is 0 Å². The molecule has 1 aromatic heterocycles. The largest absolute Gasteiger partial charge is 0.392 e. The quantitative estimate of drug-likeness (QED) is 0.101. The highest BCUT2D eigenvalue weighted by Crippen LogP contribution is 2.39. The number of carbonyl (C=O) groups is 2. The zero-order chi connectivity index (χ0) is 33.7. The third-order valence-corrected chi connectivity index (χ3v) is 8.45. The molecule has 4 N–H and O–H groups in total. The number of carbonyl (C=O) groups excluding carboxylic acids is 2. The highest BCUT2D eigenvalue weighted by molar-refractivity contribution is 5.78. The lowest BCUT2D eigenvalue weighted by atomic mass is 9.98. The Balaban J connectivity index is 1.27. The molecule has 1 saturated heterocycles. The number of rotatable bonds is 15. The van der Waals surface area contributed by atoms with Gasteiger partial charge in [-0.15, -0.1) is 0 Å². The van der Waals surface area contributed by atoms with Crippen LogP contribution in [0, 0.1) is 0 Å². The second-order valence-corrected chi connectivity index (χ2v) is 12.2. The standard InChI is InChI=1S/C38H44N4O6/c1-42(20-18-33-11-2-3-19-39-33)25-34-23-35(29-16-14-27(26-43)15-17-29)48-38(47-34)32-10-5-9-31(22-32)30-8-4-7-28(21-30)24-40-36(44)12-6-13-37(45)41-46/h2-5,7-11,14-17,19,21-22,34-35,38,43,46H,6,12-13,18,20,23-26H2,1H3,(H,40,44)(H,41,45)/t34-,35+,38+/m0/s1. The van der Waals surface area contributed by atoms with Crippen molar-refractivity contribution in [1.82, 2.24) is 20.7 Å². The van der Waals surface area contributed by atoms with Crippen LogP contribution in [0.25, 0.3) is 11.1 Å². The summed E-state index contributed by atoms with van der Waals surface area (Å²) in [7, 11) is 2.10. The van der Waals surface area contributed by atoms with Gasteiger partial charge in [0.1, 0.15) is 0 Å². The summed E-state index contributed by atoms with van der Waals surface area (Å²) < 4.78 is 13.2. The van der Waals surface area contributed by atoms with E-state index in [4.69, 9.17) is 14.7 Å². The molecule has 0 saturated carbocycles. The molecule has 0 bridgehead atoms. The monoisotopic (exact) mass is 652 g/mol. The maximum absolute atomic E-state index is 12.3. The second-order valence-electron chi connectivity index (χ2n) is 12.2. The predicted molar refractivity (Wildman–Crippen MR) is 181 cm³/mol. The number of hydrogen-bond acceptors (Lipinski definition) is 8. The smallest absolute Gasteiger partial charge is 0.243 e. The molecule has 0 unspecified atom stereocenters. The van der Waals surface area contributed by atoms with Crippen molar-refractivity contribution in [2.45, 2.75) is 63.8 Å². The topological polar surface area (TPSA) is 133 Å². The molecular weight excluding hydrogens is 608 g/mol. The molecule has 0 radical (unpaired) electrons. The van der Waals surface area contributed by atoms with Crippen LogP contribution in [0.2, 0.25) is 0 Å². The van der Waals surface area contributed by atoms with Crippen LogP contribution in [-0.4, -0.2) is 58.3 Å². The number of amides is 2. The minimum Gasteiger partial charge on any atom is -0.392 e. The molecular formula is C38H44N4O6. The maximum Gasteiger partial charge on any atom is 0.243 e. The molecule has 10 heteroatoms. The summed E-state index contributed by atoms with van der Waals surface area (Å²) in [5.41, 5.74) is 8.40. The molecule has 1 aliphatic rings. The van der Waals surface area contributed by atoms with E-state index in [-0.39, 0.29) is 37.6 Å². The molecule has 3 atom stereocenters. The van der Waals surface area contributed by atoms with Gasteiger partial charge >= 0.3 is 0 Å². The lowest BCUT2D eigenvalue weighted by molar-refractivity contribution is -0.252. The van der Waals surface area contributed by atoms with Crippen LogP contribution in [0.3, 0.4) is 0 Å². The van der Waals surface area contributed by atoms with Gasteiger partial charge in [-0.1, -0.05) is 66.7 Å². The fraction of sp³-hybridized carbons (Fsp3) is 0.342. The lowest BCUT2D eigenvalue weighted by Gasteiger charge is -2.38. The predicted octanol–water partition coefficient (Wildman–Crippen LogP) is 5.25. The van der Waals surface area contributed by atoms with Crippen LogP contribution in [0.1, 0.15) is 66.0 Å². The van der Waals surface area contributed by atoms with Crippen LogP contribution in [0.5, 0.6) is 0 Å². The molecule has 252 valence electrons. The van der Waals surface area contributed by atoms with Gasteiger partial charge < -0.3 is 24.8 Å². The summed E-state index contributed by atoms with van der Waals surface area (Å²) in [6.07, 6.45) is 3.18. The fourth-order valence-corrected chi connectivity index (χ4v) is 5.80. The van der Waals surface area contributed by atoms with Crippen LogP contribution in [0.15, 0.2) is 97.2 Å². The number of nitrogens with zero attached hydrogens (tertiary/aromatic N) is 2. The Kier molecular flexibility index (Phi) is 12.8. The number of pyridine rings is 1. The van der Waals surface area contributed by atoms with Crippen molar-refractivity contribution >= 4 is 11.8 Å². The van der Waals surface area contributed by atoms with Gasteiger partial charge in [-0.2, -0.15) is 0 Å². The van der Waals surface area contributed by atoms with Gasteiger partial charge in [0, 0.05) is 62.8 Å². The van der Waals surface area contributed by atoms with Crippen molar-refractivity contribution in [3.63, 3.8) is 0 Å². The molecule has 0 aliphatic carbocycles. The van der Waals surface area contributed by atoms with E-state index in [0.29, 0.717) is 19.4 Å². The fourth-order valence-electron chi connectivity index (χ4n) is 5.80. The Morgan fingerprint density at radius 3 is 2.40 bits per heavy atom. The number of hydroxylamine groups is 1. The van der Waals surface area contributed by atoms with Gasteiger partial charge in [-0.3, -0.25) is 19.8 Å². The van der Waals surface area contributed by atoms with Crippen molar-refractivity contribution < 1.29 is 29.4 Å². The zero-order valence-corrected chi connectivity index (χ0v) is 27.3. The SMILES string of the molecule is CN(CCc1ccccn1)C[C@@H]1C[C@H](c2ccc(CO)cc2)O[C@H](c2cccc(-c3cccc(CNC(=O)CCCC(=O)NO)c3)c2)O1. The van der Waals surface area contributed by atoms with Gasteiger partial charge in [0.05, 0.1) is 18.8 Å². The number of ether oxygens (including phenoxy) is 2. The van der Waals surface area contributed by atoms with Gasteiger partial charge in [0.15, 0.2) is 6.29 Å². The summed E-state index contributed by atoms with van der Waals surface area (Å²) in [6, 6.07) is 30.1. The van der Waals surface area contributed by atoms with Crippen molar-refractivity contribution in [3.05, 3.63) is 125 Å². The molecule has 1 aliphatic heterocycles. The van der Waals surface area contributed by atoms with E-state index in [9.17, 15) is 14.7 Å². The van der Waals surface area contributed by atoms with Crippen molar-refractivity contribution in [3.8, 4) is 11.1 Å². The third-order valence-electron chi connectivity index (χ3n) is 8.45. The average Bonchev–Trinajstić information content (AvgIpc) is 3.13. The Labute approximate surface area is 281 Å². The summed E-state index contributed by atoms with van der Waals surface area (Å²) in [5, 5.41) is 21.1. The number of hydrogen-bond donors (Lipinski definition) is 4. The van der Waals surface area contributed by atoms with E-state index in [1.54, 1.807) is 5.48 Å². The first kappa shape index (κ1) is 34.9. The molecule has 3 aromatic carbocycles. The van der Waals surface area contributed by atoms with Gasteiger partial charge in [0.2, 0.25) is 11.8 Å². The molecule has 48 heavy (non-hydrogen) atoms. The van der Waals surface area contributed by atoms with E-state index in [1.165, 1.54) is 0 Å². The number of aliphatic hydroxyl groups is 1. The Morgan fingerprint density at radius 1 is 0.875 bits per heavy atom. The molecule has 1 fully saturated rings. The molecule has 0 spiro atoms. The van der Waals surface area contributed by atoms with Crippen LogP contribution in [-0.2, 0) is 38.6 Å². The summed E-state index contributed by atoms with van der Waals surface area (Å²) in [6.45, 7) is 1.94. The van der Waals surface area contributed by atoms with Crippen molar-refractivity contribution in [2.75, 3.05) is 20.1 Å². The number of aliphatic hydroxyl groups excluding tert-OH is 1. The minimum atomic E-state index is -0.578. The average molecular weight is 653 g/mol. The van der Waals surface area contributed by atoms with E-state index >= 15 is 0 Å². The van der Waals surface area contributed by atoms with E-state index in [2.05, 4.69) is 28.3 Å². The summed E-state index contributed by atoms with van der Waals surface area (Å²) in [5.74, 6) is -0.661. The summed E-state index contributed by atoms with van der Waals surface area (Å²) >= 11 is 0. The normalized spacial score (nSPS) is 17.6. The maximum atomic E-state index is 12.3. The molecule has 2 heterocycles. The number of nitrogens with one attached hydrogen (secondary N) is 2. The van der Waals surface area contributed by atoms with E-state index in [0.717, 1.165) is 58.6 Å². The third kappa shape index (κ3) is 10.3. The van der Waals surface area contributed by atoms with E-state index in [1.807, 2.05) is 91.1 Å². The van der Waals surface area contributed by atoms with Crippen LogP contribution >= 0.6 is 0 Å². The highest BCUT2D eigenvalue weighted by Gasteiger charge is 2.33. The van der Waals surface area contributed by atoms with Crippen molar-refractivity contribution in [2.24, 2.45) is 0 Å². The minimum absolute atomic E-state index is 0.00684. The van der Waals surface area contributed by atoms with Crippen LogP contribution < -0.4 is 10.8 Å². The highest BCUT2D eigenvalue weighted by atomic mass is 16.7. The lowest BCUT2D eigenvalue weighted by Crippen LogP contribution is -2.38. The molecule has 2 amide bonds. The van der Waals surface area contributed by atoms with Gasteiger partial charge in [0.25, 0.3) is 0 Å². The number of aromatic nitrogens is 1. The first-order valence-electron chi connectivity index (χ1n) is 16.4.